The van der Waals surface area contributed by atoms with Crippen molar-refractivity contribution in [3.05, 3.63) is 29.6 Å². The van der Waals surface area contributed by atoms with Crippen LogP contribution in [0.3, 0.4) is 0 Å². The first-order valence-corrected chi connectivity index (χ1v) is 7.00. The Kier molecular flexibility index (Phi) is 5.09. The minimum Gasteiger partial charge on any atom is -0.379 e. The molecule has 110 valence electrons. The van der Waals surface area contributed by atoms with E-state index in [2.05, 4.69) is 17.6 Å². The Balaban J connectivity index is 1.98. The third-order valence-electron chi connectivity index (χ3n) is 3.51. The average Bonchev–Trinajstić information content (AvgIpc) is 2.89. The molecule has 20 heavy (non-hydrogen) atoms. The molecular formula is C15H21FN2O2. The first-order chi connectivity index (χ1) is 9.61. The van der Waals surface area contributed by atoms with Gasteiger partial charge in [-0.25, -0.2) is 4.39 Å². The van der Waals surface area contributed by atoms with Crippen LogP contribution in [0.25, 0.3) is 0 Å². The molecule has 2 atom stereocenters. The smallest absolute Gasteiger partial charge is 0.231 e. The maximum Gasteiger partial charge on any atom is 0.231 e. The fourth-order valence-corrected chi connectivity index (χ4v) is 2.25. The summed E-state index contributed by atoms with van der Waals surface area (Å²) in [6, 6.07) is 4.74. The lowest BCUT2D eigenvalue weighted by molar-refractivity contribution is -0.120. The van der Waals surface area contributed by atoms with Crippen LogP contribution in [0, 0.1) is 18.7 Å². The number of rotatable bonds is 5. The van der Waals surface area contributed by atoms with Crippen LogP contribution in [0.5, 0.6) is 0 Å². The van der Waals surface area contributed by atoms with Crippen LogP contribution in [-0.4, -0.2) is 31.7 Å². The molecule has 1 heterocycles. The minimum absolute atomic E-state index is 0.0326. The quantitative estimate of drug-likeness (QED) is 0.868. The summed E-state index contributed by atoms with van der Waals surface area (Å²) in [5.41, 5.74) is 1.05. The van der Waals surface area contributed by atoms with Crippen molar-refractivity contribution in [1.82, 2.24) is 5.32 Å². The second-order valence-electron chi connectivity index (χ2n) is 5.16. The van der Waals surface area contributed by atoms with Gasteiger partial charge in [-0.2, -0.15) is 0 Å². The molecule has 2 rings (SSSR count). The molecule has 2 unspecified atom stereocenters. The summed E-state index contributed by atoms with van der Waals surface area (Å²) in [6.45, 7) is 5.57. The zero-order valence-corrected chi connectivity index (χ0v) is 11.9. The first kappa shape index (κ1) is 14.9. The molecule has 1 aliphatic heterocycles. The third-order valence-corrected chi connectivity index (χ3v) is 3.51. The number of aryl methyl sites for hydroxylation is 1. The van der Waals surface area contributed by atoms with Gasteiger partial charge in [0.05, 0.1) is 19.1 Å². The topological polar surface area (TPSA) is 50.4 Å². The van der Waals surface area contributed by atoms with Crippen LogP contribution in [0.2, 0.25) is 0 Å². The highest BCUT2D eigenvalue weighted by Crippen LogP contribution is 2.18. The number of ether oxygens (including phenoxy) is 1. The number of amides is 1. The molecule has 1 amide bonds. The first-order valence-electron chi connectivity index (χ1n) is 7.00. The van der Waals surface area contributed by atoms with Crippen molar-refractivity contribution in [1.29, 1.82) is 0 Å². The Labute approximate surface area is 118 Å². The normalized spacial score (nSPS) is 21.9. The van der Waals surface area contributed by atoms with Gasteiger partial charge in [-0.15, -0.1) is 0 Å². The van der Waals surface area contributed by atoms with Gasteiger partial charge in [-0.3, -0.25) is 4.79 Å². The Morgan fingerprint density at radius 1 is 1.45 bits per heavy atom. The number of hydrogen-bond acceptors (Lipinski definition) is 3. The second-order valence-corrected chi connectivity index (χ2v) is 5.16. The molecule has 5 heteroatoms. The standard InChI is InChI=1S/C15H21FN2O2/c1-3-6-17-14-9-20-8-12(14)15(19)18-11-5-4-10(2)13(16)7-11/h4-5,7,12,14,17H,3,6,8-9H2,1-2H3,(H,18,19). The zero-order chi connectivity index (χ0) is 14.5. The number of hydrogen-bond donors (Lipinski definition) is 2. The van der Waals surface area contributed by atoms with Crippen molar-refractivity contribution in [3.8, 4) is 0 Å². The molecule has 0 spiro atoms. The summed E-state index contributed by atoms with van der Waals surface area (Å²) < 4.78 is 18.8. The molecule has 1 aromatic carbocycles. The number of carbonyl (C=O) groups is 1. The lowest BCUT2D eigenvalue weighted by Crippen LogP contribution is -2.41. The molecule has 1 fully saturated rings. The minimum atomic E-state index is -0.314. The molecule has 1 aliphatic rings. The molecule has 0 radical (unpaired) electrons. The fraction of sp³-hybridized carbons (Fsp3) is 0.533. The van der Waals surface area contributed by atoms with E-state index in [0.717, 1.165) is 13.0 Å². The maximum absolute atomic E-state index is 13.5. The van der Waals surface area contributed by atoms with Gasteiger partial charge in [0.1, 0.15) is 5.82 Å². The van der Waals surface area contributed by atoms with Crippen molar-refractivity contribution in [2.75, 3.05) is 25.1 Å². The van der Waals surface area contributed by atoms with Crippen LogP contribution >= 0.6 is 0 Å². The molecular weight excluding hydrogens is 259 g/mol. The van der Waals surface area contributed by atoms with Gasteiger partial charge < -0.3 is 15.4 Å². The van der Waals surface area contributed by atoms with E-state index in [4.69, 9.17) is 4.74 Å². The molecule has 0 bridgehead atoms. The highest BCUT2D eigenvalue weighted by molar-refractivity contribution is 5.93. The lowest BCUT2D eigenvalue weighted by atomic mass is 10.0. The molecule has 4 nitrogen and oxygen atoms in total. The van der Waals surface area contributed by atoms with Crippen LogP contribution in [0.4, 0.5) is 10.1 Å². The Bertz CT molecular complexity index is 479. The monoisotopic (exact) mass is 280 g/mol. The van der Waals surface area contributed by atoms with Gasteiger partial charge in [0.15, 0.2) is 0 Å². The summed E-state index contributed by atoms with van der Waals surface area (Å²) in [5, 5.41) is 6.07. The molecule has 2 N–H and O–H groups in total. The van der Waals surface area contributed by atoms with Gasteiger partial charge in [0.2, 0.25) is 5.91 Å². The summed E-state index contributed by atoms with van der Waals surface area (Å²) in [5.74, 6) is -0.670. The fourth-order valence-electron chi connectivity index (χ4n) is 2.25. The van der Waals surface area contributed by atoms with Crippen molar-refractivity contribution in [2.45, 2.75) is 26.3 Å². The van der Waals surface area contributed by atoms with E-state index in [0.29, 0.717) is 24.5 Å². The highest BCUT2D eigenvalue weighted by atomic mass is 19.1. The molecule has 1 aromatic rings. The lowest BCUT2D eigenvalue weighted by Gasteiger charge is -2.18. The summed E-state index contributed by atoms with van der Waals surface area (Å²) >= 11 is 0. The Morgan fingerprint density at radius 2 is 2.25 bits per heavy atom. The molecule has 0 aliphatic carbocycles. The number of nitrogens with one attached hydrogen (secondary N) is 2. The highest BCUT2D eigenvalue weighted by Gasteiger charge is 2.33. The van der Waals surface area contributed by atoms with E-state index < -0.39 is 0 Å². The predicted octanol–water partition coefficient (Wildman–Crippen LogP) is 2.09. The van der Waals surface area contributed by atoms with Crippen molar-refractivity contribution in [3.63, 3.8) is 0 Å². The van der Waals surface area contributed by atoms with Crippen LogP contribution in [0.1, 0.15) is 18.9 Å². The third kappa shape index (κ3) is 3.55. The molecule has 1 saturated heterocycles. The van der Waals surface area contributed by atoms with E-state index in [1.54, 1.807) is 19.1 Å². The largest absolute Gasteiger partial charge is 0.379 e. The predicted molar refractivity (Wildman–Crippen MR) is 76.2 cm³/mol. The van der Waals surface area contributed by atoms with Gasteiger partial charge in [0.25, 0.3) is 0 Å². The average molecular weight is 280 g/mol. The van der Waals surface area contributed by atoms with Crippen LogP contribution < -0.4 is 10.6 Å². The Hall–Kier alpha value is -1.46. The maximum atomic E-state index is 13.5. The van der Waals surface area contributed by atoms with E-state index in [-0.39, 0.29) is 23.7 Å². The van der Waals surface area contributed by atoms with Gasteiger partial charge in [0, 0.05) is 11.7 Å². The van der Waals surface area contributed by atoms with Gasteiger partial charge in [-0.1, -0.05) is 13.0 Å². The van der Waals surface area contributed by atoms with Gasteiger partial charge >= 0.3 is 0 Å². The zero-order valence-electron chi connectivity index (χ0n) is 11.9. The number of halogens is 1. The number of carbonyl (C=O) groups excluding carboxylic acids is 1. The number of benzene rings is 1. The molecule has 0 aromatic heterocycles. The second kappa shape index (κ2) is 6.81. The van der Waals surface area contributed by atoms with Crippen LogP contribution in [0.15, 0.2) is 18.2 Å². The SMILES string of the molecule is CCCNC1COCC1C(=O)Nc1ccc(C)c(F)c1. The molecule has 0 saturated carbocycles. The summed E-state index contributed by atoms with van der Waals surface area (Å²) in [4.78, 5) is 12.2. The van der Waals surface area contributed by atoms with E-state index in [1.165, 1.54) is 6.07 Å². The summed E-state index contributed by atoms with van der Waals surface area (Å²) in [7, 11) is 0. The van der Waals surface area contributed by atoms with E-state index >= 15 is 0 Å². The van der Waals surface area contributed by atoms with Gasteiger partial charge in [-0.05, 0) is 37.6 Å². The van der Waals surface area contributed by atoms with E-state index in [1.807, 2.05) is 0 Å². The number of anilines is 1. The summed E-state index contributed by atoms with van der Waals surface area (Å²) in [6.07, 6.45) is 1.01. The Morgan fingerprint density at radius 3 is 2.95 bits per heavy atom. The van der Waals surface area contributed by atoms with Crippen molar-refractivity contribution >= 4 is 11.6 Å². The van der Waals surface area contributed by atoms with Crippen molar-refractivity contribution in [2.24, 2.45) is 5.92 Å². The van der Waals surface area contributed by atoms with E-state index in [9.17, 15) is 9.18 Å². The van der Waals surface area contributed by atoms with Crippen molar-refractivity contribution < 1.29 is 13.9 Å². The van der Waals surface area contributed by atoms with Crippen LogP contribution in [-0.2, 0) is 9.53 Å².